The normalized spacial score (nSPS) is 23.0. The van der Waals surface area contributed by atoms with E-state index >= 15 is 0 Å². The minimum Gasteiger partial charge on any atom is -0.470 e. The highest BCUT2D eigenvalue weighted by Gasteiger charge is 2.48. The molecule has 7 nitrogen and oxygen atoms in total. The Morgan fingerprint density at radius 3 is 2.66 bits per heavy atom. The molecule has 2 aliphatic rings. The van der Waals surface area contributed by atoms with Crippen LogP contribution in [0.25, 0.3) is 10.8 Å². The van der Waals surface area contributed by atoms with Gasteiger partial charge in [0.15, 0.2) is 0 Å². The maximum atomic E-state index is 13.1. The summed E-state index contributed by atoms with van der Waals surface area (Å²) in [5.41, 5.74) is 0.978. The molecule has 2 fully saturated rings. The van der Waals surface area contributed by atoms with Crippen LogP contribution in [0.3, 0.4) is 0 Å². The standard InChI is InChI=1S/C22H28ClFN4O3S/c1-4-12(7-22(2,3)32(25)30)16-8-27-20(17-9-26-19(23)6-14(16)17)31-13-10-28(11-13)21(29)15-5-18(15)24/h6,8-9,12-13,15,18H,4-5,7,10-11,25H2,1-3H3/t12-,15+,18-,32?/m0/s1. The van der Waals surface area contributed by atoms with Gasteiger partial charge in [-0.25, -0.2) is 18.6 Å². The van der Waals surface area contributed by atoms with E-state index in [1.165, 1.54) is 0 Å². The monoisotopic (exact) mass is 482 g/mol. The lowest BCUT2D eigenvalue weighted by Crippen LogP contribution is -2.56. The average molecular weight is 483 g/mol. The molecule has 4 atom stereocenters. The number of hydrogen-bond donors (Lipinski definition) is 1. The summed E-state index contributed by atoms with van der Waals surface area (Å²) >= 11 is 6.20. The van der Waals surface area contributed by atoms with E-state index in [4.69, 9.17) is 21.5 Å². The molecule has 0 aromatic carbocycles. The fraction of sp³-hybridized carbons (Fsp3) is 0.591. The summed E-state index contributed by atoms with van der Waals surface area (Å²) in [6.07, 6.45) is 3.99. The number of aromatic nitrogens is 2. The van der Waals surface area contributed by atoms with Gasteiger partial charge in [-0.05, 0) is 56.0 Å². The van der Waals surface area contributed by atoms with Crippen LogP contribution in [0.15, 0.2) is 18.5 Å². The molecule has 1 saturated carbocycles. The number of likely N-dealkylation sites (tertiary alicyclic amines) is 1. The summed E-state index contributed by atoms with van der Waals surface area (Å²) < 4.78 is 30.7. The van der Waals surface area contributed by atoms with Gasteiger partial charge in [-0.15, -0.1) is 0 Å². The quantitative estimate of drug-likeness (QED) is 0.580. The molecule has 2 aromatic rings. The fourth-order valence-corrected chi connectivity index (χ4v) is 4.70. The van der Waals surface area contributed by atoms with Gasteiger partial charge in [0.25, 0.3) is 0 Å². The van der Waals surface area contributed by atoms with Crippen molar-refractivity contribution in [3.63, 3.8) is 0 Å². The van der Waals surface area contributed by atoms with E-state index in [1.807, 2.05) is 13.8 Å². The largest absolute Gasteiger partial charge is 0.470 e. The third-order valence-electron chi connectivity index (χ3n) is 6.42. The van der Waals surface area contributed by atoms with Gasteiger partial charge in [-0.1, -0.05) is 18.5 Å². The number of fused-ring (bicyclic) bond motifs is 1. The number of pyridine rings is 2. The second kappa shape index (κ2) is 8.83. The Bertz CT molecular complexity index is 1060. The van der Waals surface area contributed by atoms with E-state index in [0.717, 1.165) is 22.8 Å². The lowest BCUT2D eigenvalue weighted by molar-refractivity contribution is -0.141. The number of halogens is 2. The van der Waals surface area contributed by atoms with Gasteiger partial charge in [0.1, 0.15) is 17.4 Å². The molecule has 0 bridgehead atoms. The van der Waals surface area contributed by atoms with Crippen molar-refractivity contribution in [2.45, 2.75) is 63.0 Å². The van der Waals surface area contributed by atoms with E-state index < -0.39 is 27.8 Å². The number of rotatable bonds is 8. The molecule has 174 valence electrons. The second-order valence-electron chi connectivity index (χ2n) is 9.28. The molecular formula is C22H28ClFN4O3S. The van der Waals surface area contributed by atoms with Crippen molar-refractivity contribution in [2.24, 2.45) is 11.1 Å². The Morgan fingerprint density at radius 1 is 1.38 bits per heavy atom. The number of carbonyl (C=O) groups excluding carboxylic acids is 1. The van der Waals surface area contributed by atoms with Crippen molar-refractivity contribution in [1.29, 1.82) is 0 Å². The summed E-state index contributed by atoms with van der Waals surface area (Å²) in [6.45, 7) is 6.69. The molecule has 3 heterocycles. The lowest BCUT2D eigenvalue weighted by atomic mass is 9.86. The Hall–Kier alpha value is -1.84. The maximum Gasteiger partial charge on any atom is 0.228 e. The predicted molar refractivity (Wildman–Crippen MR) is 123 cm³/mol. The van der Waals surface area contributed by atoms with Gasteiger partial charge in [0.2, 0.25) is 11.8 Å². The fourth-order valence-electron chi connectivity index (χ4n) is 4.18. The highest BCUT2D eigenvalue weighted by molar-refractivity contribution is 7.84. The number of alkyl halides is 1. The SMILES string of the molecule is CC[C@@H](CC(C)(C)S(N)=O)c1cnc(OC2CN(C(=O)[C@@H]3C[C@@H]3F)C2)c2cnc(Cl)cc12. The van der Waals surface area contributed by atoms with Crippen molar-refractivity contribution in [3.05, 3.63) is 29.2 Å². The summed E-state index contributed by atoms with van der Waals surface area (Å²) in [4.78, 5) is 22.5. The molecule has 0 spiro atoms. The topological polar surface area (TPSA) is 98.4 Å². The third kappa shape index (κ3) is 4.61. The molecule has 1 aliphatic heterocycles. The zero-order valence-corrected chi connectivity index (χ0v) is 20.0. The van der Waals surface area contributed by atoms with Crippen molar-refractivity contribution in [2.75, 3.05) is 13.1 Å². The van der Waals surface area contributed by atoms with Gasteiger partial charge in [-0.3, -0.25) is 9.93 Å². The van der Waals surface area contributed by atoms with Crippen LogP contribution in [0.4, 0.5) is 4.39 Å². The van der Waals surface area contributed by atoms with Crippen LogP contribution in [-0.2, 0) is 15.8 Å². The molecule has 1 saturated heterocycles. The minimum atomic E-state index is -1.46. The summed E-state index contributed by atoms with van der Waals surface area (Å²) in [6, 6.07) is 1.79. The first-order chi connectivity index (χ1) is 15.1. The number of ether oxygens (including phenoxy) is 1. The van der Waals surface area contributed by atoms with E-state index in [-0.39, 0.29) is 17.9 Å². The van der Waals surface area contributed by atoms with Gasteiger partial charge in [0, 0.05) is 12.4 Å². The van der Waals surface area contributed by atoms with Crippen molar-refractivity contribution in [3.8, 4) is 5.88 Å². The molecular weight excluding hydrogens is 455 g/mol. The van der Waals surface area contributed by atoms with Crippen molar-refractivity contribution < 1.29 is 18.1 Å². The van der Waals surface area contributed by atoms with Crippen LogP contribution in [0.5, 0.6) is 5.88 Å². The molecule has 1 aliphatic carbocycles. The third-order valence-corrected chi connectivity index (χ3v) is 7.88. The van der Waals surface area contributed by atoms with E-state index in [2.05, 4.69) is 16.9 Å². The zero-order chi connectivity index (χ0) is 23.2. The Labute approximate surface area is 194 Å². The van der Waals surface area contributed by atoms with Crippen LogP contribution in [0.2, 0.25) is 5.15 Å². The number of hydrogen-bond acceptors (Lipinski definition) is 5. The zero-order valence-electron chi connectivity index (χ0n) is 18.4. The molecule has 10 heteroatoms. The van der Waals surface area contributed by atoms with Gasteiger partial charge in [0.05, 0.1) is 40.1 Å². The number of nitrogens with zero attached hydrogens (tertiary/aromatic N) is 3. The number of carbonyl (C=O) groups is 1. The average Bonchev–Trinajstić information content (AvgIpc) is 3.44. The summed E-state index contributed by atoms with van der Waals surface area (Å²) in [7, 11) is -1.46. The first-order valence-electron chi connectivity index (χ1n) is 10.8. The van der Waals surface area contributed by atoms with E-state index in [0.29, 0.717) is 37.0 Å². The highest BCUT2D eigenvalue weighted by atomic mass is 35.5. The van der Waals surface area contributed by atoms with Crippen LogP contribution in [0.1, 0.15) is 51.5 Å². The Morgan fingerprint density at radius 2 is 2.06 bits per heavy atom. The first-order valence-corrected chi connectivity index (χ1v) is 12.4. The Balaban J connectivity index is 1.56. The summed E-state index contributed by atoms with van der Waals surface area (Å²) in [5.74, 6) is -0.108. The molecule has 1 unspecified atom stereocenters. The summed E-state index contributed by atoms with van der Waals surface area (Å²) in [5, 5.41) is 7.68. The first kappa shape index (κ1) is 23.3. The van der Waals surface area contributed by atoms with Gasteiger partial charge >= 0.3 is 0 Å². The minimum absolute atomic E-state index is 0.0732. The van der Waals surface area contributed by atoms with Gasteiger partial charge < -0.3 is 9.64 Å². The molecule has 4 rings (SSSR count). The van der Waals surface area contributed by atoms with Crippen molar-refractivity contribution >= 4 is 39.3 Å². The van der Waals surface area contributed by atoms with Crippen molar-refractivity contribution in [1.82, 2.24) is 14.9 Å². The van der Waals surface area contributed by atoms with Crippen LogP contribution < -0.4 is 9.88 Å². The number of nitrogens with two attached hydrogens (primary N) is 1. The predicted octanol–water partition coefficient (Wildman–Crippen LogP) is 3.52. The smallest absolute Gasteiger partial charge is 0.228 e. The number of amides is 1. The van der Waals surface area contributed by atoms with E-state index in [9.17, 15) is 13.4 Å². The molecule has 0 radical (unpaired) electrons. The molecule has 32 heavy (non-hydrogen) atoms. The molecule has 2 N–H and O–H groups in total. The molecule has 1 amide bonds. The highest BCUT2D eigenvalue weighted by Crippen LogP contribution is 2.39. The molecule has 2 aromatic heterocycles. The van der Waals surface area contributed by atoms with Crippen LogP contribution in [-0.4, -0.2) is 55.1 Å². The lowest BCUT2D eigenvalue weighted by Gasteiger charge is -2.39. The van der Waals surface area contributed by atoms with Gasteiger partial charge in [-0.2, -0.15) is 0 Å². The van der Waals surface area contributed by atoms with E-state index in [1.54, 1.807) is 23.4 Å². The Kier molecular flexibility index (Phi) is 6.44. The maximum absolute atomic E-state index is 13.1. The van der Waals surface area contributed by atoms with Crippen LogP contribution >= 0.6 is 11.6 Å². The second-order valence-corrected chi connectivity index (χ2v) is 11.4. The van der Waals surface area contributed by atoms with Crippen LogP contribution in [0, 0.1) is 5.92 Å².